The van der Waals surface area contributed by atoms with E-state index in [0.717, 1.165) is 6.07 Å². The van der Waals surface area contributed by atoms with Crippen molar-refractivity contribution in [2.45, 2.75) is 23.9 Å². The lowest BCUT2D eigenvalue weighted by atomic mass is 9.93. The minimum atomic E-state index is -4.67. The van der Waals surface area contributed by atoms with Crippen LogP contribution >= 0.6 is 11.6 Å². The van der Waals surface area contributed by atoms with E-state index in [9.17, 15) is 22.0 Å². The molecule has 18 heavy (non-hydrogen) atoms. The van der Waals surface area contributed by atoms with Gasteiger partial charge in [0.2, 0.25) is 0 Å². The normalized spacial score (nSPS) is 26.2. The minimum absolute atomic E-state index is 0.119. The van der Waals surface area contributed by atoms with E-state index in [1.807, 2.05) is 0 Å². The van der Waals surface area contributed by atoms with Gasteiger partial charge in [0.25, 0.3) is 5.92 Å². The number of hydrogen-bond acceptors (Lipinski definition) is 1. The molecule has 1 aliphatic carbocycles. The van der Waals surface area contributed by atoms with E-state index >= 15 is 0 Å². The molecule has 1 aromatic carbocycles. The maximum atomic E-state index is 13.3. The Kier molecular flexibility index (Phi) is 2.86. The molecule has 0 aliphatic heterocycles. The molecule has 2 rings (SSSR count). The number of alkyl halides is 5. The second kappa shape index (κ2) is 3.81. The van der Waals surface area contributed by atoms with Crippen LogP contribution in [0.15, 0.2) is 18.2 Å². The molecule has 1 fully saturated rings. The van der Waals surface area contributed by atoms with E-state index < -0.39 is 41.1 Å². The van der Waals surface area contributed by atoms with Crippen molar-refractivity contribution in [3.63, 3.8) is 0 Å². The van der Waals surface area contributed by atoms with Crippen LogP contribution in [0.1, 0.15) is 17.5 Å². The summed E-state index contributed by atoms with van der Waals surface area (Å²) in [4.78, 5) is 0. The molecule has 0 bridgehead atoms. The van der Waals surface area contributed by atoms with Crippen LogP contribution in [0.4, 0.5) is 22.0 Å². The summed E-state index contributed by atoms with van der Waals surface area (Å²) in [6.45, 7) is -0.404. The third kappa shape index (κ3) is 1.87. The van der Waals surface area contributed by atoms with Crippen LogP contribution in [-0.4, -0.2) is 12.5 Å². The van der Waals surface area contributed by atoms with Crippen LogP contribution in [0.5, 0.6) is 0 Å². The summed E-state index contributed by atoms with van der Waals surface area (Å²) in [6, 6.07) is 2.81. The largest absolute Gasteiger partial charge is 0.417 e. The summed E-state index contributed by atoms with van der Waals surface area (Å²) in [5, 5.41) is -0.512. The van der Waals surface area contributed by atoms with Gasteiger partial charge in [0.15, 0.2) is 0 Å². The maximum Gasteiger partial charge on any atom is 0.417 e. The molecule has 2 N–H and O–H groups in total. The Morgan fingerprint density at radius 1 is 1.28 bits per heavy atom. The van der Waals surface area contributed by atoms with E-state index in [1.165, 1.54) is 6.07 Å². The zero-order valence-corrected chi connectivity index (χ0v) is 9.75. The molecule has 100 valence electrons. The lowest BCUT2D eigenvalue weighted by molar-refractivity contribution is -0.137. The summed E-state index contributed by atoms with van der Waals surface area (Å²) in [7, 11) is 0. The lowest BCUT2D eigenvalue weighted by Gasteiger charge is -2.17. The average Bonchev–Trinajstić information content (AvgIpc) is 2.81. The molecule has 1 unspecified atom stereocenters. The lowest BCUT2D eigenvalue weighted by Crippen LogP contribution is -2.27. The van der Waals surface area contributed by atoms with E-state index in [4.69, 9.17) is 17.3 Å². The number of nitrogens with two attached hydrogens (primary N) is 1. The predicted octanol–water partition coefficient (Wildman–Crippen LogP) is 3.59. The molecule has 0 amide bonds. The highest BCUT2D eigenvalue weighted by atomic mass is 35.5. The van der Waals surface area contributed by atoms with Crippen molar-refractivity contribution < 1.29 is 22.0 Å². The summed E-state index contributed by atoms with van der Waals surface area (Å²) in [6.07, 6.45) is -5.21. The Bertz CT molecular complexity index is 485. The molecule has 0 aromatic heterocycles. The molecule has 1 aromatic rings. The zero-order chi connectivity index (χ0) is 13.8. The quantitative estimate of drug-likeness (QED) is 0.826. The zero-order valence-electron chi connectivity index (χ0n) is 8.99. The first kappa shape index (κ1) is 13.5. The van der Waals surface area contributed by atoms with E-state index in [0.29, 0.717) is 6.07 Å². The van der Waals surface area contributed by atoms with Crippen molar-refractivity contribution in [3.05, 3.63) is 34.3 Å². The van der Waals surface area contributed by atoms with Crippen molar-refractivity contribution in [3.8, 4) is 0 Å². The first-order valence-corrected chi connectivity index (χ1v) is 5.47. The standard InChI is InChI=1S/C11H9ClF5N/c12-8-2-1-6(3-7(8)11(15,16)17)9(5-18)4-10(9,13)14/h1-3H,4-5,18H2. The van der Waals surface area contributed by atoms with Gasteiger partial charge < -0.3 is 5.73 Å². The fourth-order valence-corrected chi connectivity index (χ4v) is 2.25. The summed E-state index contributed by atoms with van der Waals surface area (Å²) < 4.78 is 64.4. The number of halogens is 6. The third-order valence-electron chi connectivity index (χ3n) is 3.27. The van der Waals surface area contributed by atoms with Gasteiger partial charge in [0.05, 0.1) is 16.0 Å². The van der Waals surface area contributed by atoms with Crippen molar-refractivity contribution in [2.24, 2.45) is 5.73 Å². The summed E-state index contributed by atoms with van der Waals surface area (Å²) in [5.74, 6) is -3.06. The average molecular weight is 286 g/mol. The van der Waals surface area contributed by atoms with Gasteiger partial charge in [-0.3, -0.25) is 0 Å². The second-order valence-electron chi connectivity index (χ2n) is 4.36. The first-order valence-electron chi connectivity index (χ1n) is 5.09. The summed E-state index contributed by atoms with van der Waals surface area (Å²) in [5.41, 5.74) is 2.36. The molecule has 0 saturated heterocycles. The third-order valence-corrected chi connectivity index (χ3v) is 3.60. The van der Waals surface area contributed by atoms with E-state index in [2.05, 4.69) is 0 Å². The van der Waals surface area contributed by atoms with Crippen LogP contribution in [0.2, 0.25) is 5.02 Å². The van der Waals surface area contributed by atoms with Gasteiger partial charge >= 0.3 is 6.18 Å². The fourth-order valence-electron chi connectivity index (χ4n) is 2.03. The van der Waals surface area contributed by atoms with Crippen molar-refractivity contribution >= 4 is 11.6 Å². The number of benzene rings is 1. The van der Waals surface area contributed by atoms with Crippen LogP contribution in [0, 0.1) is 0 Å². The van der Waals surface area contributed by atoms with Crippen molar-refractivity contribution in [1.82, 2.24) is 0 Å². The smallest absolute Gasteiger partial charge is 0.329 e. The Balaban J connectivity index is 2.49. The molecule has 0 heterocycles. The highest BCUT2D eigenvalue weighted by Crippen LogP contribution is 2.61. The van der Waals surface area contributed by atoms with Gasteiger partial charge in [0.1, 0.15) is 0 Å². The molecule has 1 atom stereocenters. The number of rotatable bonds is 2. The predicted molar refractivity (Wildman–Crippen MR) is 56.8 cm³/mol. The van der Waals surface area contributed by atoms with Crippen LogP contribution in [-0.2, 0) is 11.6 Å². The van der Waals surface area contributed by atoms with Crippen LogP contribution in [0.25, 0.3) is 0 Å². The highest BCUT2D eigenvalue weighted by Gasteiger charge is 2.71. The molecular weight excluding hydrogens is 277 g/mol. The Hall–Kier alpha value is -0.880. The number of hydrogen-bond donors (Lipinski definition) is 1. The van der Waals surface area contributed by atoms with Crippen molar-refractivity contribution in [2.75, 3.05) is 6.54 Å². The Labute approximate surface area is 105 Å². The molecule has 0 spiro atoms. The van der Waals surface area contributed by atoms with E-state index in [-0.39, 0.29) is 5.56 Å². The monoisotopic (exact) mass is 285 g/mol. The first-order chi connectivity index (χ1) is 8.14. The van der Waals surface area contributed by atoms with Crippen LogP contribution in [0.3, 0.4) is 0 Å². The molecule has 7 heteroatoms. The molecule has 0 radical (unpaired) electrons. The Morgan fingerprint density at radius 3 is 2.22 bits per heavy atom. The van der Waals surface area contributed by atoms with Crippen molar-refractivity contribution in [1.29, 1.82) is 0 Å². The summed E-state index contributed by atoms with van der Waals surface area (Å²) >= 11 is 5.43. The second-order valence-corrected chi connectivity index (χ2v) is 4.77. The molecule has 1 nitrogen and oxygen atoms in total. The fraction of sp³-hybridized carbons (Fsp3) is 0.455. The van der Waals surface area contributed by atoms with Gasteiger partial charge in [-0.2, -0.15) is 13.2 Å². The van der Waals surface area contributed by atoms with Gasteiger partial charge in [-0.1, -0.05) is 17.7 Å². The minimum Gasteiger partial charge on any atom is -0.329 e. The van der Waals surface area contributed by atoms with E-state index in [1.54, 1.807) is 0 Å². The molecule has 1 saturated carbocycles. The van der Waals surface area contributed by atoms with Gasteiger partial charge in [-0.15, -0.1) is 0 Å². The highest BCUT2D eigenvalue weighted by molar-refractivity contribution is 6.31. The SMILES string of the molecule is NCC1(c2ccc(Cl)c(C(F)(F)F)c2)CC1(F)F. The van der Waals surface area contributed by atoms with Crippen LogP contribution < -0.4 is 5.73 Å². The molecule has 1 aliphatic rings. The van der Waals surface area contributed by atoms with Gasteiger partial charge in [-0.25, -0.2) is 8.78 Å². The topological polar surface area (TPSA) is 26.0 Å². The Morgan fingerprint density at radius 2 is 1.83 bits per heavy atom. The maximum absolute atomic E-state index is 13.3. The van der Waals surface area contributed by atoms with Gasteiger partial charge in [0, 0.05) is 13.0 Å². The van der Waals surface area contributed by atoms with Gasteiger partial charge in [-0.05, 0) is 17.7 Å². The molecular formula is C11H9ClF5N.